The molecule has 0 atom stereocenters. The van der Waals surface area contributed by atoms with Crippen molar-refractivity contribution >= 4 is 23.1 Å². The Bertz CT molecular complexity index is 514. The quantitative estimate of drug-likeness (QED) is 0.724. The van der Waals surface area contributed by atoms with Crippen LogP contribution in [0.2, 0.25) is 0 Å². The minimum absolute atomic E-state index is 0.0637. The second kappa shape index (κ2) is 5.94. The maximum Gasteiger partial charge on any atom is 0.255 e. The van der Waals surface area contributed by atoms with Crippen LogP contribution < -0.4 is 11.3 Å². The highest BCUT2D eigenvalue weighted by atomic mass is 32.1. The van der Waals surface area contributed by atoms with Gasteiger partial charge in [0.1, 0.15) is 0 Å². The van der Waals surface area contributed by atoms with Crippen molar-refractivity contribution in [1.82, 2.24) is 14.8 Å². The number of nitrogens with one attached hydrogen (secondary N) is 1. The summed E-state index contributed by atoms with van der Waals surface area (Å²) in [7, 11) is 0. The number of rotatable bonds is 3. The Morgan fingerprint density at radius 2 is 2.00 bits per heavy atom. The molecule has 1 aliphatic heterocycles. The Balaban J connectivity index is 1.94. The van der Waals surface area contributed by atoms with E-state index in [2.05, 4.69) is 9.88 Å². The maximum absolute atomic E-state index is 12.2. The molecule has 1 saturated heterocycles. The van der Waals surface area contributed by atoms with Gasteiger partial charge in [0.25, 0.3) is 5.91 Å². The molecule has 1 fully saturated rings. The van der Waals surface area contributed by atoms with Crippen LogP contribution in [0.25, 0.3) is 0 Å². The summed E-state index contributed by atoms with van der Waals surface area (Å²) < 4.78 is 0. The molecule has 0 spiro atoms. The molecule has 102 valence electrons. The Hall–Kier alpha value is -1.73. The number of nitrogens with zero attached hydrogens (tertiary/aromatic N) is 2. The Morgan fingerprint density at radius 1 is 1.32 bits per heavy atom. The summed E-state index contributed by atoms with van der Waals surface area (Å²) >= 11 is 4.87. The molecule has 19 heavy (non-hydrogen) atoms. The monoisotopic (exact) mass is 280 g/mol. The van der Waals surface area contributed by atoms with Gasteiger partial charge in [-0.25, -0.2) is 0 Å². The van der Waals surface area contributed by atoms with E-state index >= 15 is 0 Å². The number of pyridine rings is 1. The lowest BCUT2D eigenvalue weighted by Crippen LogP contribution is -2.50. The summed E-state index contributed by atoms with van der Waals surface area (Å²) in [6, 6.07) is 2.90. The Kier molecular flexibility index (Phi) is 4.28. The first-order valence-corrected chi connectivity index (χ1v) is 6.46. The van der Waals surface area contributed by atoms with Gasteiger partial charge in [-0.3, -0.25) is 14.5 Å². The fourth-order valence-electron chi connectivity index (χ4n) is 2.06. The molecule has 1 aromatic heterocycles. The molecule has 2 heterocycles. The van der Waals surface area contributed by atoms with Gasteiger partial charge >= 0.3 is 0 Å². The van der Waals surface area contributed by atoms with Crippen molar-refractivity contribution in [3.05, 3.63) is 34.2 Å². The molecular formula is C12H16N4O2S. The Labute approximate surface area is 116 Å². The van der Waals surface area contributed by atoms with Crippen LogP contribution >= 0.6 is 12.2 Å². The van der Waals surface area contributed by atoms with Crippen LogP contribution in [-0.2, 0) is 0 Å². The summed E-state index contributed by atoms with van der Waals surface area (Å²) in [5.41, 5.74) is 5.79. The molecule has 7 heteroatoms. The number of carbonyl (C=O) groups excluding carboxylic acids is 1. The van der Waals surface area contributed by atoms with Crippen LogP contribution in [0.4, 0.5) is 0 Å². The fourth-order valence-corrected chi connectivity index (χ4v) is 2.24. The van der Waals surface area contributed by atoms with Crippen molar-refractivity contribution in [3.8, 4) is 0 Å². The summed E-state index contributed by atoms with van der Waals surface area (Å²) in [6.45, 7) is 3.38. The molecule has 0 unspecified atom stereocenters. The molecule has 3 N–H and O–H groups in total. The van der Waals surface area contributed by atoms with E-state index in [4.69, 9.17) is 18.0 Å². The molecule has 1 amide bonds. The van der Waals surface area contributed by atoms with Crippen LogP contribution in [0.1, 0.15) is 10.4 Å². The van der Waals surface area contributed by atoms with Crippen molar-refractivity contribution in [1.29, 1.82) is 0 Å². The number of hydrogen-bond donors (Lipinski definition) is 2. The number of nitrogens with two attached hydrogens (primary N) is 1. The zero-order chi connectivity index (χ0) is 13.8. The lowest BCUT2D eigenvalue weighted by Gasteiger charge is -2.34. The predicted molar refractivity (Wildman–Crippen MR) is 76.2 cm³/mol. The largest absolute Gasteiger partial charge is 0.392 e. The molecule has 0 saturated carbocycles. The van der Waals surface area contributed by atoms with E-state index in [0.717, 1.165) is 13.1 Å². The third kappa shape index (κ3) is 3.62. The number of aromatic amines is 1. The van der Waals surface area contributed by atoms with E-state index in [9.17, 15) is 9.59 Å². The lowest BCUT2D eigenvalue weighted by molar-refractivity contribution is 0.0654. The van der Waals surface area contributed by atoms with E-state index in [-0.39, 0.29) is 11.5 Å². The fraction of sp³-hybridized carbons (Fsp3) is 0.417. The highest BCUT2D eigenvalue weighted by molar-refractivity contribution is 7.80. The number of aromatic nitrogens is 1. The topological polar surface area (TPSA) is 82.4 Å². The molecule has 0 aromatic carbocycles. The second-order valence-electron chi connectivity index (χ2n) is 4.48. The van der Waals surface area contributed by atoms with Gasteiger partial charge in [0, 0.05) is 45.0 Å². The third-order valence-corrected chi connectivity index (χ3v) is 3.20. The first kappa shape index (κ1) is 13.7. The summed E-state index contributed by atoms with van der Waals surface area (Å²) in [5.74, 6) is -0.0637. The van der Waals surface area contributed by atoms with E-state index in [1.807, 2.05) is 0 Å². The number of carbonyl (C=O) groups is 1. The lowest BCUT2D eigenvalue weighted by atomic mass is 10.2. The van der Waals surface area contributed by atoms with Crippen molar-refractivity contribution in [3.63, 3.8) is 0 Å². The average molecular weight is 280 g/mol. The maximum atomic E-state index is 12.2. The molecule has 0 radical (unpaired) electrons. The van der Waals surface area contributed by atoms with Crippen molar-refractivity contribution < 1.29 is 4.79 Å². The number of piperazine rings is 1. The zero-order valence-electron chi connectivity index (χ0n) is 10.5. The summed E-state index contributed by atoms with van der Waals surface area (Å²) in [6.07, 6.45) is 1.45. The highest BCUT2D eigenvalue weighted by Crippen LogP contribution is 2.07. The average Bonchev–Trinajstić information content (AvgIpc) is 2.39. The van der Waals surface area contributed by atoms with E-state index < -0.39 is 0 Å². The number of hydrogen-bond acceptors (Lipinski definition) is 4. The van der Waals surface area contributed by atoms with E-state index in [1.165, 1.54) is 12.3 Å². The van der Waals surface area contributed by atoms with Gasteiger partial charge in [-0.2, -0.15) is 0 Å². The van der Waals surface area contributed by atoms with Crippen molar-refractivity contribution in [2.75, 3.05) is 32.7 Å². The smallest absolute Gasteiger partial charge is 0.255 e. The van der Waals surface area contributed by atoms with Crippen LogP contribution in [0.15, 0.2) is 23.1 Å². The number of H-pyrrole nitrogens is 1. The van der Waals surface area contributed by atoms with Crippen LogP contribution in [0.5, 0.6) is 0 Å². The molecule has 6 nitrogen and oxygen atoms in total. The normalized spacial score (nSPS) is 16.3. The molecule has 0 bridgehead atoms. The van der Waals surface area contributed by atoms with Gasteiger partial charge in [0.15, 0.2) is 0 Å². The van der Waals surface area contributed by atoms with Gasteiger partial charge in [0.05, 0.1) is 10.6 Å². The number of amides is 1. The minimum atomic E-state index is -0.210. The van der Waals surface area contributed by atoms with Gasteiger partial charge in [-0.1, -0.05) is 12.2 Å². The molecule has 1 aliphatic rings. The Morgan fingerprint density at radius 3 is 2.53 bits per heavy atom. The molecule has 1 aromatic rings. The van der Waals surface area contributed by atoms with Gasteiger partial charge in [-0.05, 0) is 6.07 Å². The van der Waals surface area contributed by atoms with Crippen molar-refractivity contribution in [2.45, 2.75) is 0 Å². The van der Waals surface area contributed by atoms with E-state index in [0.29, 0.717) is 30.2 Å². The highest BCUT2D eigenvalue weighted by Gasteiger charge is 2.22. The molecule has 0 aliphatic carbocycles. The molecule has 2 rings (SSSR count). The van der Waals surface area contributed by atoms with Gasteiger partial charge < -0.3 is 15.6 Å². The van der Waals surface area contributed by atoms with E-state index in [1.54, 1.807) is 11.0 Å². The zero-order valence-corrected chi connectivity index (χ0v) is 11.3. The van der Waals surface area contributed by atoms with Gasteiger partial charge in [-0.15, -0.1) is 0 Å². The minimum Gasteiger partial charge on any atom is -0.392 e. The summed E-state index contributed by atoms with van der Waals surface area (Å²) in [4.78, 5) is 30.0. The first-order valence-electron chi connectivity index (χ1n) is 6.05. The van der Waals surface area contributed by atoms with Gasteiger partial charge in [0.2, 0.25) is 5.56 Å². The van der Waals surface area contributed by atoms with Crippen LogP contribution in [-0.4, -0.2) is 58.4 Å². The predicted octanol–water partition coefficient (Wildman–Crippen LogP) is -0.581. The van der Waals surface area contributed by atoms with Crippen LogP contribution in [0, 0.1) is 0 Å². The first-order chi connectivity index (χ1) is 9.06. The summed E-state index contributed by atoms with van der Waals surface area (Å²) in [5, 5.41) is 0. The van der Waals surface area contributed by atoms with Crippen LogP contribution in [0.3, 0.4) is 0 Å². The molecular weight excluding hydrogens is 264 g/mol. The SMILES string of the molecule is NC(=S)CN1CCN(C(=O)c2ccc(=O)[nH]c2)CC1. The number of thiocarbonyl (C=S) groups is 1. The standard InChI is InChI=1S/C12H16N4O2S/c13-10(19)8-15-3-5-16(6-4-15)12(18)9-1-2-11(17)14-7-9/h1-2,7H,3-6,8H2,(H2,13,19)(H,14,17). The third-order valence-electron chi connectivity index (χ3n) is 3.07. The van der Waals surface area contributed by atoms with Crippen molar-refractivity contribution in [2.24, 2.45) is 5.73 Å². The second-order valence-corrected chi connectivity index (χ2v) is 5.00.